The van der Waals surface area contributed by atoms with Crippen LogP contribution in [0, 0.1) is 16.0 Å². The first-order chi connectivity index (χ1) is 10.6. The van der Waals surface area contributed by atoms with Gasteiger partial charge in [0, 0.05) is 12.6 Å². The highest BCUT2D eigenvalue weighted by Crippen LogP contribution is 2.33. The van der Waals surface area contributed by atoms with Crippen LogP contribution < -0.4 is 10.5 Å². The Labute approximate surface area is 134 Å². The second-order valence-electron chi connectivity index (χ2n) is 6.30. The van der Waals surface area contributed by atoms with E-state index in [0.717, 1.165) is 18.9 Å². The van der Waals surface area contributed by atoms with Gasteiger partial charge in [0.15, 0.2) is 0 Å². The molecule has 0 amide bonds. The Morgan fingerprint density at radius 1 is 1.43 bits per heavy atom. The zero-order valence-corrected chi connectivity index (χ0v) is 13.7. The Morgan fingerprint density at radius 2 is 2.04 bits per heavy atom. The van der Waals surface area contributed by atoms with E-state index in [9.17, 15) is 23.6 Å². The molecule has 0 aromatic heterocycles. The molecule has 1 aromatic carbocycles. The molecule has 0 unspecified atom stereocenters. The molecule has 128 valence electrons. The lowest BCUT2D eigenvalue weighted by atomic mass is 9.80. The SMILES string of the molecule is CC1(O)CCC(CNc2ccc(S(N)(=O)=O)cc2[N+](=O)[O-])CC1. The molecule has 1 saturated carbocycles. The van der Waals surface area contributed by atoms with Crippen LogP contribution in [0.1, 0.15) is 32.6 Å². The number of hydrogen-bond acceptors (Lipinski definition) is 6. The van der Waals surface area contributed by atoms with Crippen molar-refractivity contribution in [2.45, 2.75) is 43.1 Å². The molecular formula is C14H21N3O5S. The average molecular weight is 343 g/mol. The maximum absolute atomic E-state index is 11.3. The van der Waals surface area contributed by atoms with E-state index >= 15 is 0 Å². The Hall–Kier alpha value is -1.71. The van der Waals surface area contributed by atoms with E-state index < -0.39 is 20.5 Å². The summed E-state index contributed by atoms with van der Waals surface area (Å²) in [4.78, 5) is 10.2. The lowest BCUT2D eigenvalue weighted by Gasteiger charge is -2.33. The minimum atomic E-state index is -3.98. The minimum absolute atomic E-state index is 0.264. The molecule has 0 radical (unpaired) electrons. The van der Waals surface area contributed by atoms with Crippen molar-refractivity contribution in [1.29, 1.82) is 0 Å². The standard InChI is InChI=1S/C14H21N3O5S/c1-14(18)6-4-10(5-7-14)9-16-12-3-2-11(23(15,21)22)8-13(12)17(19)20/h2-3,8,10,16,18H,4-7,9H2,1H3,(H2,15,21,22). The van der Waals surface area contributed by atoms with Gasteiger partial charge in [-0.15, -0.1) is 0 Å². The first-order valence-corrected chi connectivity index (χ1v) is 8.91. The van der Waals surface area contributed by atoms with Gasteiger partial charge in [0.05, 0.1) is 15.4 Å². The van der Waals surface area contributed by atoms with Gasteiger partial charge in [-0.2, -0.15) is 0 Å². The summed E-state index contributed by atoms with van der Waals surface area (Å²) >= 11 is 0. The molecule has 0 saturated heterocycles. The van der Waals surface area contributed by atoms with Crippen LogP contribution in [0.25, 0.3) is 0 Å². The van der Waals surface area contributed by atoms with E-state index in [4.69, 9.17) is 5.14 Å². The van der Waals surface area contributed by atoms with Crippen molar-refractivity contribution in [3.63, 3.8) is 0 Å². The predicted molar refractivity (Wildman–Crippen MR) is 85.5 cm³/mol. The van der Waals surface area contributed by atoms with Gasteiger partial charge in [0.1, 0.15) is 5.69 Å². The van der Waals surface area contributed by atoms with E-state index in [2.05, 4.69) is 5.32 Å². The zero-order chi connectivity index (χ0) is 17.3. The Bertz CT molecular complexity index is 692. The summed E-state index contributed by atoms with van der Waals surface area (Å²) < 4.78 is 22.6. The van der Waals surface area contributed by atoms with E-state index in [1.54, 1.807) is 0 Å². The van der Waals surface area contributed by atoms with Crippen molar-refractivity contribution in [3.05, 3.63) is 28.3 Å². The molecule has 23 heavy (non-hydrogen) atoms. The van der Waals surface area contributed by atoms with Gasteiger partial charge >= 0.3 is 0 Å². The molecule has 0 atom stereocenters. The Morgan fingerprint density at radius 3 is 2.57 bits per heavy atom. The van der Waals surface area contributed by atoms with Gasteiger partial charge in [-0.05, 0) is 50.7 Å². The summed E-state index contributed by atoms with van der Waals surface area (Å²) in [5.74, 6) is 0.313. The predicted octanol–water partition coefficient (Wildman–Crippen LogP) is 1.60. The molecule has 4 N–H and O–H groups in total. The van der Waals surface area contributed by atoms with Crippen LogP contribution in [0.15, 0.2) is 23.1 Å². The molecule has 1 aliphatic rings. The molecule has 1 aromatic rings. The molecule has 0 heterocycles. The number of sulfonamides is 1. The Kier molecular flexibility index (Phi) is 4.92. The number of anilines is 1. The molecular weight excluding hydrogens is 322 g/mol. The first-order valence-electron chi connectivity index (χ1n) is 7.36. The van der Waals surface area contributed by atoms with Gasteiger partial charge in [-0.25, -0.2) is 13.6 Å². The number of nitrogens with two attached hydrogens (primary N) is 1. The normalized spacial score (nSPS) is 25.1. The van der Waals surface area contributed by atoms with E-state index in [-0.39, 0.29) is 16.3 Å². The molecule has 1 fully saturated rings. The molecule has 1 aliphatic carbocycles. The number of hydrogen-bond donors (Lipinski definition) is 3. The summed E-state index contributed by atoms with van der Waals surface area (Å²) in [6.45, 7) is 2.35. The van der Waals surface area contributed by atoms with Crippen LogP contribution in [-0.2, 0) is 10.0 Å². The third kappa shape index (κ3) is 4.63. The molecule has 9 heteroatoms. The second-order valence-corrected chi connectivity index (χ2v) is 7.86. The molecule has 0 aliphatic heterocycles. The van der Waals surface area contributed by atoms with Crippen LogP contribution in [-0.4, -0.2) is 30.6 Å². The third-order valence-electron chi connectivity index (χ3n) is 4.26. The molecule has 8 nitrogen and oxygen atoms in total. The maximum atomic E-state index is 11.3. The summed E-state index contributed by atoms with van der Waals surface area (Å²) in [5, 5.41) is 29.1. The van der Waals surface area contributed by atoms with Crippen LogP contribution in [0.4, 0.5) is 11.4 Å². The monoisotopic (exact) mass is 343 g/mol. The average Bonchev–Trinajstić information content (AvgIpc) is 2.45. The molecule has 0 bridgehead atoms. The van der Waals surface area contributed by atoms with Crippen LogP contribution in [0.3, 0.4) is 0 Å². The fourth-order valence-corrected chi connectivity index (χ4v) is 3.28. The van der Waals surface area contributed by atoms with E-state index in [1.807, 2.05) is 6.92 Å². The fourth-order valence-electron chi connectivity index (χ4n) is 2.75. The highest BCUT2D eigenvalue weighted by atomic mass is 32.2. The van der Waals surface area contributed by atoms with Gasteiger partial charge in [-0.3, -0.25) is 10.1 Å². The van der Waals surface area contributed by atoms with Crippen molar-refractivity contribution in [1.82, 2.24) is 0 Å². The number of nitro groups is 1. The zero-order valence-electron chi connectivity index (χ0n) is 12.9. The quantitative estimate of drug-likeness (QED) is 0.549. The van der Waals surface area contributed by atoms with Crippen LogP contribution in [0.2, 0.25) is 0 Å². The Balaban J connectivity index is 2.09. The van der Waals surface area contributed by atoms with Crippen LogP contribution in [0.5, 0.6) is 0 Å². The number of rotatable bonds is 5. The first kappa shape index (κ1) is 17.6. The number of nitrogens with one attached hydrogen (secondary N) is 1. The second kappa shape index (κ2) is 6.42. The maximum Gasteiger partial charge on any atom is 0.293 e. The number of nitro benzene ring substituents is 1. The smallest absolute Gasteiger partial charge is 0.293 e. The van der Waals surface area contributed by atoms with Gasteiger partial charge in [0.25, 0.3) is 5.69 Å². The third-order valence-corrected chi connectivity index (χ3v) is 5.17. The summed E-state index contributed by atoms with van der Waals surface area (Å²) in [6, 6.07) is 3.57. The van der Waals surface area contributed by atoms with Crippen molar-refractivity contribution < 1.29 is 18.4 Å². The van der Waals surface area contributed by atoms with Crippen LogP contribution >= 0.6 is 0 Å². The number of benzene rings is 1. The van der Waals surface area contributed by atoms with Gasteiger partial charge in [0.2, 0.25) is 10.0 Å². The van der Waals surface area contributed by atoms with E-state index in [0.29, 0.717) is 25.3 Å². The number of primary sulfonamides is 1. The van der Waals surface area contributed by atoms with Crippen molar-refractivity contribution >= 4 is 21.4 Å². The van der Waals surface area contributed by atoms with Crippen molar-refractivity contribution in [3.8, 4) is 0 Å². The van der Waals surface area contributed by atoms with Crippen molar-refractivity contribution in [2.24, 2.45) is 11.1 Å². The summed E-state index contributed by atoms with van der Waals surface area (Å²) in [5.41, 5.74) is -0.682. The number of aliphatic hydroxyl groups is 1. The number of nitrogens with zero attached hydrogens (tertiary/aromatic N) is 1. The van der Waals surface area contributed by atoms with Gasteiger partial charge < -0.3 is 10.4 Å². The topological polar surface area (TPSA) is 136 Å². The van der Waals surface area contributed by atoms with E-state index in [1.165, 1.54) is 12.1 Å². The highest BCUT2D eigenvalue weighted by molar-refractivity contribution is 7.89. The lowest BCUT2D eigenvalue weighted by molar-refractivity contribution is -0.384. The lowest BCUT2D eigenvalue weighted by Crippen LogP contribution is -2.32. The molecule has 0 spiro atoms. The summed E-state index contributed by atoms with van der Waals surface area (Å²) in [7, 11) is -3.98. The van der Waals surface area contributed by atoms with Crippen molar-refractivity contribution in [2.75, 3.05) is 11.9 Å². The molecule has 2 rings (SSSR count). The highest BCUT2D eigenvalue weighted by Gasteiger charge is 2.29. The summed E-state index contributed by atoms with van der Waals surface area (Å²) in [6.07, 6.45) is 3.07. The minimum Gasteiger partial charge on any atom is -0.390 e. The fraction of sp³-hybridized carbons (Fsp3) is 0.571. The van der Waals surface area contributed by atoms with Gasteiger partial charge in [-0.1, -0.05) is 0 Å². The largest absolute Gasteiger partial charge is 0.390 e.